The van der Waals surface area contributed by atoms with Crippen LogP contribution >= 0.6 is 15.9 Å². The number of hydrogen-bond acceptors (Lipinski definition) is 3. The lowest BCUT2D eigenvalue weighted by molar-refractivity contribution is -0.137. The number of anilines is 1. The number of halogens is 4. The van der Waals surface area contributed by atoms with Crippen LogP contribution < -0.4 is 5.32 Å². The van der Waals surface area contributed by atoms with Crippen molar-refractivity contribution in [3.8, 4) is 0 Å². The molecule has 1 aliphatic rings. The smallest absolute Gasteiger partial charge is 0.376 e. The maximum atomic E-state index is 12.9. The average molecular weight is 339 g/mol. The van der Waals surface area contributed by atoms with Gasteiger partial charge in [0.1, 0.15) is 5.82 Å². The first-order valence-electron chi connectivity index (χ1n) is 6.05. The van der Waals surface area contributed by atoms with Crippen LogP contribution in [0.5, 0.6) is 0 Å². The number of hydrogen-bond donors (Lipinski definition) is 1. The largest absolute Gasteiger partial charge is 0.419 e. The minimum atomic E-state index is -4.42. The lowest BCUT2D eigenvalue weighted by atomic mass is 10.1. The first-order chi connectivity index (χ1) is 8.97. The maximum absolute atomic E-state index is 12.9. The molecule has 2 heterocycles. The molecule has 0 amide bonds. The number of aromatic nitrogens is 1. The molecule has 0 aliphatic carbocycles. The van der Waals surface area contributed by atoms with Crippen LogP contribution in [0.25, 0.3) is 0 Å². The third-order valence-corrected chi connectivity index (χ3v) is 3.36. The Balaban J connectivity index is 2.06. The van der Waals surface area contributed by atoms with Gasteiger partial charge in [-0.15, -0.1) is 0 Å². The van der Waals surface area contributed by atoms with E-state index in [1.54, 1.807) is 0 Å². The van der Waals surface area contributed by atoms with Gasteiger partial charge in [0.2, 0.25) is 0 Å². The van der Waals surface area contributed by atoms with E-state index in [0.717, 1.165) is 25.3 Å². The molecule has 0 radical (unpaired) electrons. The number of alkyl halides is 3. The molecule has 0 bridgehead atoms. The van der Waals surface area contributed by atoms with E-state index in [9.17, 15) is 13.2 Å². The second-order valence-corrected chi connectivity index (χ2v) is 5.33. The zero-order valence-corrected chi connectivity index (χ0v) is 11.7. The SMILES string of the molecule is FC(F)(F)c1cc(Br)cnc1NCC1CCCCO1. The average Bonchev–Trinajstić information content (AvgIpc) is 2.37. The summed E-state index contributed by atoms with van der Waals surface area (Å²) in [4.78, 5) is 3.80. The molecule has 1 fully saturated rings. The second kappa shape index (κ2) is 6.09. The molecule has 106 valence electrons. The summed E-state index contributed by atoms with van der Waals surface area (Å²) < 4.78 is 44.4. The van der Waals surface area contributed by atoms with Crippen LogP contribution in [0.4, 0.5) is 19.0 Å². The fourth-order valence-electron chi connectivity index (χ4n) is 1.98. The van der Waals surface area contributed by atoms with Gasteiger partial charge in [-0.25, -0.2) is 4.98 Å². The van der Waals surface area contributed by atoms with Gasteiger partial charge in [-0.2, -0.15) is 13.2 Å². The lowest BCUT2D eigenvalue weighted by Gasteiger charge is -2.23. The van der Waals surface area contributed by atoms with Crippen molar-refractivity contribution in [2.75, 3.05) is 18.5 Å². The van der Waals surface area contributed by atoms with Crippen LogP contribution in [0.3, 0.4) is 0 Å². The predicted octanol–water partition coefficient (Wildman–Crippen LogP) is 3.84. The van der Waals surface area contributed by atoms with Crippen molar-refractivity contribution in [1.29, 1.82) is 0 Å². The van der Waals surface area contributed by atoms with Gasteiger partial charge in [-0.3, -0.25) is 0 Å². The fourth-order valence-corrected chi connectivity index (χ4v) is 2.31. The standard InChI is InChI=1S/C12H14BrF3N2O/c13-8-5-10(12(14,15)16)11(17-6-8)18-7-9-3-1-2-4-19-9/h5-6,9H,1-4,7H2,(H,17,18). The topological polar surface area (TPSA) is 34.2 Å². The molecule has 3 nitrogen and oxygen atoms in total. The van der Waals surface area contributed by atoms with Gasteiger partial charge in [0.15, 0.2) is 0 Å². The molecular weight excluding hydrogens is 325 g/mol. The minimum absolute atomic E-state index is 0.0414. The summed E-state index contributed by atoms with van der Waals surface area (Å²) in [6.45, 7) is 1.02. The Morgan fingerprint density at radius 3 is 2.84 bits per heavy atom. The highest BCUT2D eigenvalue weighted by Gasteiger charge is 2.34. The highest BCUT2D eigenvalue weighted by Crippen LogP contribution is 2.35. The quantitative estimate of drug-likeness (QED) is 0.909. The Kier molecular flexibility index (Phi) is 4.67. The van der Waals surface area contributed by atoms with E-state index in [0.29, 0.717) is 17.6 Å². The molecule has 19 heavy (non-hydrogen) atoms. The summed E-state index contributed by atoms with van der Waals surface area (Å²) in [5, 5.41) is 2.74. The highest BCUT2D eigenvalue weighted by molar-refractivity contribution is 9.10. The van der Waals surface area contributed by atoms with Crippen LogP contribution in [0, 0.1) is 0 Å². The summed E-state index contributed by atoms with van der Waals surface area (Å²) in [6, 6.07) is 1.02. The summed E-state index contributed by atoms with van der Waals surface area (Å²) >= 11 is 3.00. The zero-order chi connectivity index (χ0) is 13.9. The van der Waals surface area contributed by atoms with Crippen LogP contribution in [0.1, 0.15) is 24.8 Å². The molecule has 1 atom stereocenters. The van der Waals surface area contributed by atoms with Gasteiger partial charge in [-0.05, 0) is 41.3 Å². The Labute approximate surface area is 117 Å². The summed E-state index contributed by atoms with van der Waals surface area (Å²) in [5.41, 5.74) is -0.766. The molecule has 2 rings (SSSR count). The molecule has 1 aromatic rings. The lowest BCUT2D eigenvalue weighted by Crippen LogP contribution is -2.28. The Morgan fingerprint density at radius 1 is 1.42 bits per heavy atom. The number of rotatable bonds is 3. The van der Waals surface area contributed by atoms with Crippen molar-refractivity contribution in [3.05, 3.63) is 22.3 Å². The minimum Gasteiger partial charge on any atom is -0.376 e. The first kappa shape index (κ1) is 14.6. The summed E-state index contributed by atoms with van der Waals surface area (Å²) in [7, 11) is 0. The fraction of sp³-hybridized carbons (Fsp3) is 0.583. The van der Waals surface area contributed by atoms with E-state index in [1.807, 2.05) is 0 Å². The number of nitrogens with one attached hydrogen (secondary N) is 1. The van der Waals surface area contributed by atoms with Gasteiger partial charge in [0.25, 0.3) is 0 Å². The van der Waals surface area contributed by atoms with Crippen molar-refractivity contribution in [2.45, 2.75) is 31.5 Å². The molecule has 1 saturated heterocycles. The predicted molar refractivity (Wildman–Crippen MR) is 69.0 cm³/mol. The highest BCUT2D eigenvalue weighted by atomic mass is 79.9. The van der Waals surface area contributed by atoms with E-state index >= 15 is 0 Å². The molecule has 0 spiro atoms. The normalized spacial score (nSPS) is 20.3. The maximum Gasteiger partial charge on any atom is 0.419 e. The van der Waals surface area contributed by atoms with Gasteiger partial charge >= 0.3 is 6.18 Å². The van der Waals surface area contributed by atoms with E-state index in [4.69, 9.17) is 4.74 Å². The Bertz CT molecular complexity index is 433. The van der Waals surface area contributed by atoms with Crippen LogP contribution in [0.2, 0.25) is 0 Å². The number of pyridine rings is 1. The Morgan fingerprint density at radius 2 is 2.21 bits per heavy atom. The molecule has 1 N–H and O–H groups in total. The molecule has 0 aromatic carbocycles. The molecule has 7 heteroatoms. The van der Waals surface area contributed by atoms with E-state index in [2.05, 4.69) is 26.2 Å². The first-order valence-corrected chi connectivity index (χ1v) is 6.84. The molecule has 1 aromatic heterocycles. The van der Waals surface area contributed by atoms with Crippen molar-refractivity contribution < 1.29 is 17.9 Å². The summed E-state index contributed by atoms with van der Waals surface area (Å²) in [6.07, 6.45) is -0.190. The number of nitrogens with zero attached hydrogens (tertiary/aromatic N) is 1. The van der Waals surface area contributed by atoms with Gasteiger partial charge < -0.3 is 10.1 Å². The molecule has 1 unspecified atom stereocenters. The third kappa shape index (κ3) is 4.07. The van der Waals surface area contributed by atoms with Crippen molar-refractivity contribution in [1.82, 2.24) is 4.98 Å². The van der Waals surface area contributed by atoms with Gasteiger partial charge in [0, 0.05) is 23.8 Å². The molecule has 0 saturated carbocycles. The second-order valence-electron chi connectivity index (χ2n) is 4.42. The van der Waals surface area contributed by atoms with Crippen molar-refractivity contribution >= 4 is 21.7 Å². The van der Waals surface area contributed by atoms with Crippen molar-refractivity contribution in [2.24, 2.45) is 0 Å². The molecular formula is C12H14BrF3N2O. The zero-order valence-electron chi connectivity index (χ0n) is 10.1. The van der Waals surface area contributed by atoms with Gasteiger partial charge in [0.05, 0.1) is 11.7 Å². The number of ether oxygens (including phenoxy) is 1. The van der Waals surface area contributed by atoms with Crippen molar-refractivity contribution in [3.63, 3.8) is 0 Å². The Hall–Kier alpha value is -0.820. The van der Waals surface area contributed by atoms with Crippen LogP contribution in [-0.2, 0) is 10.9 Å². The van der Waals surface area contributed by atoms with E-state index in [1.165, 1.54) is 6.20 Å². The van der Waals surface area contributed by atoms with E-state index in [-0.39, 0.29) is 11.9 Å². The van der Waals surface area contributed by atoms with E-state index < -0.39 is 11.7 Å². The summed E-state index contributed by atoms with van der Waals surface area (Å²) in [5.74, 6) is -0.148. The molecule has 1 aliphatic heterocycles. The van der Waals surface area contributed by atoms with Crippen LogP contribution in [0.15, 0.2) is 16.7 Å². The van der Waals surface area contributed by atoms with Gasteiger partial charge in [-0.1, -0.05) is 0 Å². The van der Waals surface area contributed by atoms with Crippen LogP contribution in [-0.4, -0.2) is 24.2 Å². The monoisotopic (exact) mass is 338 g/mol. The third-order valence-electron chi connectivity index (χ3n) is 2.93.